The molecule has 3 aromatic rings. The second-order valence-electron chi connectivity index (χ2n) is 6.67. The van der Waals surface area contributed by atoms with Crippen molar-refractivity contribution in [3.63, 3.8) is 0 Å². The quantitative estimate of drug-likeness (QED) is 0.305. The van der Waals surface area contributed by atoms with Crippen LogP contribution in [-0.4, -0.2) is 18.3 Å². The molecule has 29 heavy (non-hydrogen) atoms. The molecule has 0 aliphatic carbocycles. The van der Waals surface area contributed by atoms with Crippen LogP contribution in [0, 0.1) is 12.7 Å². The van der Waals surface area contributed by atoms with Gasteiger partial charge >= 0.3 is 5.97 Å². The largest absolute Gasteiger partial charge is 0.466 e. The van der Waals surface area contributed by atoms with E-state index in [1.54, 1.807) is 24.8 Å². The predicted molar refractivity (Wildman–Crippen MR) is 117 cm³/mol. The van der Waals surface area contributed by atoms with Gasteiger partial charge in [-0.15, -0.1) is 11.8 Å². The lowest BCUT2D eigenvalue weighted by atomic mass is 9.97. The number of hydrogen-bond donors (Lipinski definition) is 0. The molecule has 3 nitrogen and oxygen atoms in total. The van der Waals surface area contributed by atoms with Crippen LogP contribution in [0.3, 0.4) is 0 Å². The topological polar surface area (TPSA) is 35.5 Å². The van der Waals surface area contributed by atoms with E-state index < -0.39 is 0 Å². The van der Waals surface area contributed by atoms with E-state index in [4.69, 9.17) is 9.47 Å². The number of benzene rings is 3. The summed E-state index contributed by atoms with van der Waals surface area (Å²) in [4.78, 5) is 13.0. The maximum Gasteiger partial charge on any atom is 0.306 e. The maximum atomic E-state index is 13.9. The van der Waals surface area contributed by atoms with Gasteiger partial charge in [0.25, 0.3) is 0 Å². The predicted octanol–water partition coefficient (Wildman–Crippen LogP) is 6.69. The molecule has 0 saturated carbocycles. The second-order valence-corrected chi connectivity index (χ2v) is 8.00. The van der Waals surface area contributed by atoms with Gasteiger partial charge in [0.1, 0.15) is 17.3 Å². The average Bonchev–Trinajstić information content (AvgIpc) is 2.71. The zero-order valence-corrected chi connectivity index (χ0v) is 17.8. The molecule has 5 heteroatoms. The summed E-state index contributed by atoms with van der Waals surface area (Å²) in [7, 11) is 0. The summed E-state index contributed by atoms with van der Waals surface area (Å²) in [6.45, 7) is 6.22. The number of carbonyl (C=O) groups excluding carboxylic acids is 1. The van der Waals surface area contributed by atoms with Crippen molar-refractivity contribution in [1.29, 1.82) is 0 Å². The van der Waals surface area contributed by atoms with E-state index in [1.807, 2.05) is 37.3 Å². The van der Waals surface area contributed by atoms with Crippen LogP contribution in [0.15, 0.2) is 53.4 Å². The highest BCUT2D eigenvalue weighted by Gasteiger charge is 2.15. The van der Waals surface area contributed by atoms with Gasteiger partial charge in [-0.25, -0.2) is 4.39 Å². The van der Waals surface area contributed by atoms with Crippen LogP contribution in [0.4, 0.5) is 4.39 Å². The van der Waals surface area contributed by atoms with Crippen molar-refractivity contribution in [2.45, 2.75) is 38.5 Å². The van der Waals surface area contributed by atoms with Gasteiger partial charge in [0.05, 0.1) is 6.61 Å². The number of esters is 1. The number of hydrogen-bond acceptors (Lipinski definition) is 4. The van der Waals surface area contributed by atoms with Gasteiger partial charge in [0.2, 0.25) is 0 Å². The Balaban J connectivity index is 1.97. The highest BCUT2D eigenvalue weighted by molar-refractivity contribution is 7.99. The first kappa shape index (κ1) is 21.2. The van der Waals surface area contributed by atoms with Crippen LogP contribution in [-0.2, 0) is 16.0 Å². The van der Waals surface area contributed by atoms with Crippen molar-refractivity contribution >= 4 is 28.5 Å². The molecule has 0 amide bonds. The normalized spacial score (nSPS) is 10.9. The fourth-order valence-electron chi connectivity index (χ4n) is 3.24. The van der Waals surface area contributed by atoms with Gasteiger partial charge in [-0.05, 0) is 78.9 Å². The van der Waals surface area contributed by atoms with Gasteiger partial charge < -0.3 is 9.47 Å². The molecule has 3 aromatic carbocycles. The molecule has 0 N–H and O–H groups in total. The lowest BCUT2D eigenvalue weighted by Crippen LogP contribution is -2.06. The molecule has 0 heterocycles. The Bertz CT molecular complexity index is 999. The lowest BCUT2D eigenvalue weighted by molar-refractivity contribution is -0.143. The molecule has 0 fully saturated rings. The molecule has 0 aromatic heterocycles. The molecule has 0 aliphatic rings. The van der Waals surface area contributed by atoms with E-state index in [0.29, 0.717) is 30.9 Å². The van der Waals surface area contributed by atoms with E-state index >= 15 is 0 Å². The van der Waals surface area contributed by atoms with Crippen molar-refractivity contribution in [1.82, 2.24) is 0 Å². The Labute approximate surface area is 175 Å². The van der Waals surface area contributed by atoms with E-state index in [2.05, 4.69) is 6.92 Å². The summed E-state index contributed by atoms with van der Waals surface area (Å²) in [5, 5.41) is 1.60. The van der Waals surface area contributed by atoms with E-state index in [0.717, 1.165) is 27.7 Å². The first-order chi connectivity index (χ1) is 14.0. The zero-order chi connectivity index (χ0) is 20.8. The van der Waals surface area contributed by atoms with Crippen LogP contribution in [0.1, 0.15) is 31.4 Å². The van der Waals surface area contributed by atoms with Crippen LogP contribution >= 0.6 is 11.8 Å². The van der Waals surface area contributed by atoms with Crippen LogP contribution in [0.25, 0.3) is 10.8 Å². The number of fused-ring (bicyclic) bond motifs is 1. The molecule has 0 aliphatic heterocycles. The fraction of sp³-hybridized carbons (Fsp3) is 0.292. The molecular formula is C24H25FO3S. The summed E-state index contributed by atoms with van der Waals surface area (Å²) in [5.74, 6) is 1.79. The number of halogens is 1. The SMILES string of the molecule is CCOC(=O)CCc1cc2ccc(F)cc2c(Oc2ccc(SCC)cc2)c1C. The van der Waals surface area contributed by atoms with Gasteiger partial charge in [-0.2, -0.15) is 0 Å². The Morgan fingerprint density at radius 1 is 1.07 bits per heavy atom. The summed E-state index contributed by atoms with van der Waals surface area (Å²) >= 11 is 1.76. The minimum atomic E-state index is -0.310. The second kappa shape index (κ2) is 9.79. The molecule has 0 atom stereocenters. The van der Waals surface area contributed by atoms with Gasteiger partial charge in [0.15, 0.2) is 0 Å². The van der Waals surface area contributed by atoms with E-state index in [1.165, 1.54) is 17.0 Å². The third-order valence-corrected chi connectivity index (χ3v) is 5.56. The number of ether oxygens (including phenoxy) is 2. The van der Waals surface area contributed by atoms with Crippen LogP contribution in [0.2, 0.25) is 0 Å². The van der Waals surface area contributed by atoms with Crippen molar-refractivity contribution < 1.29 is 18.7 Å². The van der Waals surface area contributed by atoms with Crippen molar-refractivity contribution in [3.8, 4) is 11.5 Å². The monoisotopic (exact) mass is 412 g/mol. The third kappa shape index (κ3) is 5.30. The Morgan fingerprint density at radius 3 is 2.52 bits per heavy atom. The maximum absolute atomic E-state index is 13.9. The summed E-state index contributed by atoms with van der Waals surface area (Å²) in [6, 6.07) is 14.6. The van der Waals surface area contributed by atoms with Crippen molar-refractivity contribution in [2.24, 2.45) is 0 Å². The highest BCUT2D eigenvalue weighted by atomic mass is 32.2. The molecule has 152 valence electrons. The molecule has 3 rings (SSSR count). The zero-order valence-electron chi connectivity index (χ0n) is 17.0. The lowest BCUT2D eigenvalue weighted by Gasteiger charge is -2.16. The van der Waals surface area contributed by atoms with Crippen molar-refractivity contribution in [3.05, 3.63) is 65.5 Å². The number of aryl methyl sites for hydroxylation is 1. The van der Waals surface area contributed by atoms with Gasteiger partial charge in [-0.3, -0.25) is 4.79 Å². The van der Waals surface area contributed by atoms with Crippen molar-refractivity contribution in [2.75, 3.05) is 12.4 Å². The Morgan fingerprint density at radius 2 is 1.83 bits per heavy atom. The molecular weight excluding hydrogens is 387 g/mol. The fourth-order valence-corrected chi connectivity index (χ4v) is 3.91. The number of thioether (sulfide) groups is 1. The van der Waals surface area contributed by atoms with E-state index in [-0.39, 0.29) is 11.8 Å². The molecule has 0 spiro atoms. The van der Waals surface area contributed by atoms with Crippen LogP contribution in [0.5, 0.6) is 11.5 Å². The summed E-state index contributed by atoms with van der Waals surface area (Å²) in [6.07, 6.45) is 0.837. The van der Waals surface area contributed by atoms with E-state index in [9.17, 15) is 9.18 Å². The van der Waals surface area contributed by atoms with Gasteiger partial charge in [-0.1, -0.05) is 19.1 Å². The molecule has 0 radical (unpaired) electrons. The summed E-state index contributed by atoms with van der Waals surface area (Å²) < 4.78 is 25.2. The molecule has 0 unspecified atom stereocenters. The Kier molecular flexibility index (Phi) is 7.15. The summed E-state index contributed by atoms with van der Waals surface area (Å²) in [5.41, 5.74) is 1.89. The Hall–Kier alpha value is -2.53. The molecule has 0 bridgehead atoms. The number of carbonyl (C=O) groups is 1. The smallest absolute Gasteiger partial charge is 0.306 e. The minimum absolute atomic E-state index is 0.224. The highest BCUT2D eigenvalue weighted by Crippen LogP contribution is 2.37. The van der Waals surface area contributed by atoms with Crippen LogP contribution < -0.4 is 4.74 Å². The first-order valence-electron chi connectivity index (χ1n) is 9.80. The third-order valence-electron chi connectivity index (χ3n) is 4.67. The number of rotatable bonds is 8. The standard InChI is InChI=1S/C24H25FO3S/c1-4-27-23(26)13-7-17-14-18-6-8-19(25)15-22(18)24(16(17)3)28-20-9-11-21(12-10-20)29-5-2/h6,8-12,14-15H,4-5,7,13H2,1-3H3. The minimum Gasteiger partial charge on any atom is -0.466 e. The van der Waals surface area contributed by atoms with Gasteiger partial charge in [0, 0.05) is 16.7 Å². The first-order valence-corrected chi connectivity index (χ1v) is 10.8. The average molecular weight is 413 g/mol. The molecule has 0 saturated heterocycles.